The number of hydrogen-bond acceptors (Lipinski definition) is 7. The number of methoxy groups -OCH3 is 3. The van der Waals surface area contributed by atoms with E-state index < -0.39 is 23.8 Å². The number of amides is 1. The molecule has 0 saturated carbocycles. The van der Waals surface area contributed by atoms with E-state index in [-0.39, 0.29) is 37.6 Å². The van der Waals surface area contributed by atoms with Crippen molar-refractivity contribution in [2.75, 3.05) is 34.4 Å². The van der Waals surface area contributed by atoms with Gasteiger partial charge in [0.15, 0.2) is 5.79 Å². The van der Waals surface area contributed by atoms with Gasteiger partial charge in [0.2, 0.25) is 5.91 Å². The molecule has 2 rings (SSSR count). The fourth-order valence-electron chi connectivity index (χ4n) is 2.78. The van der Waals surface area contributed by atoms with Gasteiger partial charge in [-0.1, -0.05) is 0 Å². The molecular weight excluding hydrogens is 280 g/mol. The lowest BCUT2D eigenvalue weighted by atomic mass is 10.1. The molecule has 8 nitrogen and oxygen atoms in total. The van der Waals surface area contributed by atoms with Gasteiger partial charge in [-0.25, -0.2) is 4.79 Å². The van der Waals surface area contributed by atoms with E-state index in [9.17, 15) is 14.4 Å². The average Bonchev–Trinajstić information content (AvgIpc) is 3.10. The fraction of sp³-hybridized carbons (Fsp3) is 0.769. The van der Waals surface area contributed by atoms with Crippen molar-refractivity contribution in [1.29, 1.82) is 0 Å². The molecule has 2 heterocycles. The first-order valence-electron chi connectivity index (χ1n) is 6.70. The summed E-state index contributed by atoms with van der Waals surface area (Å²) >= 11 is 0. The van der Waals surface area contributed by atoms with E-state index in [0.29, 0.717) is 0 Å². The molecule has 0 bridgehead atoms. The summed E-state index contributed by atoms with van der Waals surface area (Å²) in [6.07, 6.45) is 0.329. The van der Waals surface area contributed by atoms with Gasteiger partial charge in [0.1, 0.15) is 11.8 Å². The number of hydrogen-bond donors (Lipinski definition) is 1. The molecule has 2 atom stereocenters. The van der Waals surface area contributed by atoms with E-state index in [0.717, 1.165) is 0 Å². The third kappa shape index (κ3) is 2.92. The number of carbonyl (C=O) groups is 3. The van der Waals surface area contributed by atoms with E-state index in [1.54, 1.807) is 0 Å². The first-order chi connectivity index (χ1) is 9.96. The molecule has 1 amide bonds. The summed E-state index contributed by atoms with van der Waals surface area (Å²) in [7, 11) is 4.19. The summed E-state index contributed by atoms with van der Waals surface area (Å²) in [5, 5.41) is 2.85. The standard InChI is InChI=1S/C13H20N2O6/c1-19-12(18)10-5-13(20-2,21-3)7-15(10)11(17)9-4-8(16)6-14-9/h9-10,14H,4-7H2,1-3H3/t9-,10-/m0/s1. The van der Waals surface area contributed by atoms with Gasteiger partial charge in [-0.2, -0.15) is 0 Å². The van der Waals surface area contributed by atoms with Crippen LogP contribution in [0.15, 0.2) is 0 Å². The lowest BCUT2D eigenvalue weighted by Crippen LogP contribution is -2.49. The van der Waals surface area contributed by atoms with E-state index >= 15 is 0 Å². The molecule has 0 aromatic heterocycles. The van der Waals surface area contributed by atoms with Crippen molar-refractivity contribution in [1.82, 2.24) is 10.2 Å². The molecule has 0 radical (unpaired) electrons. The molecule has 118 valence electrons. The summed E-state index contributed by atoms with van der Waals surface area (Å²) in [5.41, 5.74) is 0. The SMILES string of the molecule is COC(=O)[C@@H]1CC(OC)(OC)CN1C(=O)[C@@H]1CC(=O)CN1. The quantitative estimate of drug-likeness (QED) is 0.508. The largest absolute Gasteiger partial charge is 0.467 e. The summed E-state index contributed by atoms with van der Waals surface area (Å²) in [6.45, 7) is 0.289. The molecule has 0 unspecified atom stereocenters. The van der Waals surface area contributed by atoms with Gasteiger partial charge < -0.3 is 19.1 Å². The third-order valence-corrected chi connectivity index (χ3v) is 4.07. The highest BCUT2D eigenvalue weighted by atomic mass is 16.7. The summed E-state index contributed by atoms with van der Waals surface area (Å²) in [6, 6.07) is -1.38. The highest BCUT2D eigenvalue weighted by molar-refractivity contribution is 5.95. The van der Waals surface area contributed by atoms with Gasteiger partial charge in [-0.3, -0.25) is 14.9 Å². The van der Waals surface area contributed by atoms with Crippen molar-refractivity contribution in [3.63, 3.8) is 0 Å². The third-order valence-electron chi connectivity index (χ3n) is 4.07. The van der Waals surface area contributed by atoms with Crippen molar-refractivity contribution in [2.45, 2.75) is 30.7 Å². The Bertz CT molecular complexity index is 448. The van der Waals surface area contributed by atoms with Crippen LogP contribution < -0.4 is 5.32 Å². The van der Waals surface area contributed by atoms with Crippen LogP contribution in [0, 0.1) is 0 Å². The van der Waals surface area contributed by atoms with Crippen molar-refractivity contribution < 1.29 is 28.6 Å². The number of Topliss-reactive ketones (excluding diaryl/α,β-unsaturated/α-hetero) is 1. The van der Waals surface area contributed by atoms with Crippen LogP contribution in [-0.2, 0) is 28.6 Å². The molecule has 21 heavy (non-hydrogen) atoms. The molecule has 0 aromatic carbocycles. The van der Waals surface area contributed by atoms with Crippen molar-refractivity contribution >= 4 is 17.7 Å². The van der Waals surface area contributed by atoms with Gasteiger partial charge in [-0.05, 0) is 0 Å². The lowest BCUT2D eigenvalue weighted by molar-refractivity contribution is -0.197. The predicted octanol–water partition coefficient (Wildman–Crippen LogP) is -1.32. The van der Waals surface area contributed by atoms with Gasteiger partial charge in [0.05, 0.1) is 26.2 Å². The summed E-state index contributed by atoms with van der Waals surface area (Å²) < 4.78 is 15.4. The Balaban J connectivity index is 2.19. The predicted molar refractivity (Wildman–Crippen MR) is 70.3 cm³/mol. The number of ether oxygens (including phenoxy) is 3. The Kier molecular flexibility index (Phi) is 4.60. The highest BCUT2D eigenvalue weighted by Gasteiger charge is 2.51. The lowest BCUT2D eigenvalue weighted by Gasteiger charge is -2.27. The normalized spacial score (nSPS) is 28.0. The van der Waals surface area contributed by atoms with Crippen LogP contribution in [0.5, 0.6) is 0 Å². The first kappa shape index (κ1) is 15.9. The van der Waals surface area contributed by atoms with Crippen molar-refractivity contribution in [3.05, 3.63) is 0 Å². The van der Waals surface area contributed by atoms with E-state index in [1.165, 1.54) is 26.2 Å². The van der Waals surface area contributed by atoms with Crippen LogP contribution >= 0.6 is 0 Å². The molecule has 2 fully saturated rings. The van der Waals surface area contributed by atoms with Crippen LogP contribution in [0.1, 0.15) is 12.8 Å². The second kappa shape index (κ2) is 6.08. The Labute approximate surface area is 122 Å². The number of ketones is 1. The first-order valence-corrected chi connectivity index (χ1v) is 6.70. The zero-order valence-corrected chi connectivity index (χ0v) is 12.4. The number of esters is 1. The van der Waals surface area contributed by atoms with Gasteiger partial charge in [-0.15, -0.1) is 0 Å². The number of nitrogens with zero attached hydrogens (tertiary/aromatic N) is 1. The zero-order valence-electron chi connectivity index (χ0n) is 12.4. The minimum Gasteiger partial charge on any atom is -0.467 e. The second-order valence-corrected chi connectivity index (χ2v) is 5.20. The van der Waals surface area contributed by atoms with Crippen LogP contribution in [0.3, 0.4) is 0 Å². The summed E-state index contributed by atoms with van der Waals surface area (Å²) in [5.74, 6) is -1.89. The van der Waals surface area contributed by atoms with Crippen LogP contribution in [0.25, 0.3) is 0 Å². The number of rotatable bonds is 4. The molecular formula is C13H20N2O6. The Morgan fingerprint density at radius 3 is 2.43 bits per heavy atom. The van der Waals surface area contributed by atoms with Crippen molar-refractivity contribution in [2.24, 2.45) is 0 Å². The zero-order chi connectivity index (χ0) is 15.6. The number of carbonyl (C=O) groups excluding carboxylic acids is 3. The molecule has 0 aliphatic carbocycles. The van der Waals surface area contributed by atoms with Gasteiger partial charge >= 0.3 is 5.97 Å². The highest BCUT2D eigenvalue weighted by Crippen LogP contribution is 2.32. The molecule has 0 spiro atoms. The Morgan fingerprint density at radius 1 is 1.29 bits per heavy atom. The van der Waals surface area contributed by atoms with Crippen LogP contribution in [0.4, 0.5) is 0 Å². The molecule has 2 saturated heterocycles. The van der Waals surface area contributed by atoms with E-state index in [1.807, 2.05) is 0 Å². The van der Waals surface area contributed by atoms with E-state index in [4.69, 9.17) is 14.2 Å². The number of nitrogens with one attached hydrogen (secondary N) is 1. The molecule has 2 aliphatic rings. The molecule has 2 aliphatic heterocycles. The molecule has 8 heteroatoms. The van der Waals surface area contributed by atoms with E-state index in [2.05, 4.69) is 5.32 Å². The van der Waals surface area contributed by atoms with Gasteiger partial charge in [0, 0.05) is 27.1 Å². The maximum absolute atomic E-state index is 12.5. The second-order valence-electron chi connectivity index (χ2n) is 5.20. The van der Waals surface area contributed by atoms with Gasteiger partial charge in [0.25, 0.3) is 0 Å². The monoisotopic (exact) mass is 300 g/mol. The summed E-state index contributed by atoms with van der Waals surface area (Å²) in [4.78, 5) is 37.1. The van der Waals surface area contributed by atoms with Crippen LogP contribution in [0.2, 0.25) is 0 Å². The van der Waals surface area contributed by atoms with Crippen molar-refractivity contribution in [3.8, 4) is 0 Å². The van der Waals surface area contributed by atoms with Crippen LogP contribution in [-0.4, -0.2) is 74.8 Å². The Morgan fingerprint density at radius 2 is 1.95 bits per heavy atom. The topological polar surface area (TPSA) is 94.2 Å². The minimum absolute atomic E-state index is 0.0214. The maximum Gasteiger partial charge on any atom is 0.328 e. The molecule has 1 N–H and O–H groups in total. The minimum atomic E-state index is -1.03. The average molecular weight is 300 g/mol. The smallest absolute Gasteiger partial charge is 0.328 e. The molecule has 0 aromatic rings. The maximum atomic E-state index is 12.5. The Hall–Kier alpha value is -1.51. The number of likely N-dealkylation sites (tertiary alicyclic amines) is 1. The fourth-order valence-corrected chi connectivity index (χ4v) is 2.78.